The highest BCUT2D eigenvalue weighted by molar-refractivity contribution is 7.10. The van der Waals surface area contributed by atoms with Gasteiger partial charge < -0.3 is 10.2 Å². The van der Waals surface area contributed by atoms with E-state index in [0.29, 0.717) is 12.6 Å². The highest BCUT2D eigenvalue weighted by Gasteiger charge is 2.26. The van der Waals surface area contributed by atoms with Crippen molar-refractivity contribution in [3.05, 3.63) is 21.9 Å². The van der Waals surface area contributed by atoms with E-state index < -0.39 is 0 Å². The fourth-order valence-corrected chi connectivity index (χ4v) is 4.81. The summed E-state index contributed by atoms with van der Waals surface area (Å²) >= 11 is 1.82. The van der Waals surface area contributed by atoms with E-state index in [2.05, 4.69) is 30.6 Å². The van der Waals surface area contributed by atoms with Gasteiger partial charge in [-0.1, -0.05) is 13.8 Å². The van der Waals surface area contributed by atoms with Crippen LogP contribution < -0.4 is 5.32 Å². The molecule has 1 saturated carbocycles. The van der Waals surface area contributed by atoms with Crippen molar-refractivity contribution in [1.82, 2.24) is 10.2 Å². The zero-order valence-corrected chi connectivity index (χ0v) is 13.9. The van der Waals surface area contributed by atoms with Crippen LogP contribution in [0.3, 0.4) is 0 Å². The number of carbonyl (C=O) groups excluding carboxylic acids is 1. The normalized spacial score (nSPS) is 29.2. The van der Waals surface area contributed by atoms with E-state index in [1.165, 1.54) is 29.7 Å². The Bertz CT molecular complexity index is 489. The maximum Gasteiger partial charge on any atom is 0.236 e. The molecule has 21 heavy (non-hydrogen) atoms. The molecule has 3 nitrogen and oxygen atoms in total. The van der Waals surface area contributed by atoms with E-state index in [-0.39, 0.29) is 5.91 Å². The third kappa shape index (κ3) is 3.67. The zero-order valence-electron chi connectivity index (χ0n) is 13.1. The maximum atomic E-state index is 12.4. The Hall–Kier alpha value is -0.870. The van der Waals surface area contributed by atoms with E-state index in [1.54, 1.807) is 0 Å². The van der Waals surface area contributed by atoms with Crippen molar-refractivity contribution < 1.29 is 4.79 Å². The Kier molecular flexibility index (Phi) is 4.65. The molecule has 2 atom stereocenters. The lowest BCUT2D eigenvalue weighted by Gasteiger charge is -2.33. The van der Waals surface area contributed by atoms with Crippen LogP contribution in [0.2, 0.25) is 0 Å². The third-order valence-electron chi connectivity index (χ3n) is 4.88. The number of nitrogens with zero attached hydrogens (tertiary/aromatic N) is 1. The average Bonchev–Trinajstić information content (AvgIpc) is 2.91. The second kappa shape index (κ2) is 6.49. The van der Waals surface area contributed by atoms with Crippen LogP contribution in [0.5, 0.6) is 0 Å². The molecule has 0 aromatic carbocycles. The lowest BCUT2D eigenvalue weighted by atomic mass is 9.80. The van der Waals surface area contributed by atoms with Gasteiger partial charge in [0.1, 0.15) is 0 Å². The van der Waals surface area contributed by atoms with Gasteiger partial charge in [-0.25, -0.2) is 0 Å². The lowest BCUT2D eigenvalue weighted by Crippen LogP contribution is -2.45. The number of thiophene rings is 1. The standard InChI is InChI=1S/C17H26N2OS/c1-12-7-13(2)9-15(8-12)18-10-17(20)19-5-3-16-14(11-19)4-6-21-16/h4,6,12-13,15,18H,3,5,7-11H2,1-2H3. The predicted molar refractivity (Wildman–Crippen MR) is 87.4 cm³/mol. The summed E-state index contributed by atoms with van der Waals surface area (Å²) in [6.45, 7) is 6.84. The second-order valence-corrected chi connectivity index (χ2v) is 7.93. The van der Waals surface area contributed by atoms with E-state index in [0.717, 1.165) is 31.3 Å². The first-order valence-electron chi connectivity index (χ1n) is 8.18. The molecule has 1 fully saturated rings. The van der Waals surface area contributed by atoms with Crippen LogP contribution in [0.25, 0.3) is 0 Å². The number of rotatable bonds is 3. The van der Waals surface area contributed by atoms with E-state index in [4.69, 9.17) is 0 Å². The van der Waals surface area contributed by atoms with Crippen LogP contribution in [0.15, 0.2) is 11.4 Å². The minimum Gasteiger partial charge on any atom is -0.337 e. The fourth-order valence-electron chi connectivity index (χ4n) is 3.92. The van der Waals surface area contributed by atoms with Gasteiger partial charge in [0, 0.05) is 24.0 Å². The Morgan fingerprint density at radius 3 is 2.86 bits per heavy atom. The molecule has 2 unspecified atom stereocenters. The molecule has 0 radical (unpaired) electrons. The van der Waals surface area contributed by atoms with Crippen LogP contribution in [0.1, 0.15) is 43.6 Å². The summed E-state index contributed by atoms with van der Waals surface area (Å²) in [5.41, 5.74) is 1.35. The number of nitrogens with one attached hydrogen (secondary N) is 1. The van der Waals surface area contributed by atoms with Crippen molar-refractivity contribution in [3.63, 3.8) is 0 Å². The summed E-state index contributed by atoms with van der Waals surface area (Å²) in [5.74, 6) is 1.83. The van der Waals surface area contributed by atoms with Gasteiger partial charge in [-0.3, -0.25) is 4.79 Å². The SMILES string of the molecule is CC1CC(C)CC(NCC(=O)N2CCc3sccc3C2)C1. The molecule has 0 saturated heterocycles. The minimum absolute atomic E-state index is 0.262. The molecule has 3 rings (SSSR count). The van der Waals surface area contributed by atoms with Crippen LogP contribution in [0.4, 0.5) is 0 Å². The summed E-state index contributed by atoms with van der Waals surface area (Å²) in [4.78, 5) is 15.9. The number of carbonyl (C=O) groups is 1. The van der Waals surface area contributed by atoms with E-state index >= 15 is 0 Å². The molecular weight excluding hydrogens is 280 g/mol. The van der Waals surface area contributed by atoms with Crippen LogP contribution in [-0.4, -0.2) is 29.9 Å². The second-order valence-electron chi connectivity index (χ2n) is 6.93. The first kappa shape index (κ1) is 15.0. The molecular formula is C17H26N2OS. The molecule has 1 aromatic rings. The molecule has 2 heterocycles. The molecule has 1 amide bonds. The molecule has 0 bridgehead atoms. The number of amides is 1. The van der Waals surface area contributed by atoms with Gasteiger partial charge in [-0.15, -0.1) is 11.3 Å². The average molecular weight is 306 g/mol. The van der Waals surface area contributed by atoms with Crippen LogP contribution >= 0.6 is 11.3 Å². The number of fused-ring (bicyclic) bond motifs is 1. The van der Waals surface area contributed by atoms with Gasteiger partial charge in [0.05, 0.1) is 6.54 Å². The summed E-state index contributed by atoms with van der Waals surface area (Å²) in [6.07, 6.45) is 4.79. The Labute approximate surface area is 131 Å². The van der Waals surface area contributed by atoms with Crippen molar-refractivity contribution >= 4 is 17.2 Å². The van der Waals surface area contributed by atoms with Gasteiger partial charge in [0.25, 0.3) is 0 Å². The van der Waals surface area contributed by atoms with Crippen molar-refractivity contribution in [2.24, 2.45) is 11.8 Å². The summed E-state index contributed by atoms with van der Waals surface area (Å²) in [5, 5.41) is 5.65. The monoisotopic (exact) mass is 306 g/mol. The smallest absolute Gasteiger partial charge is 0.236 e. The molecule has 2 aliphatic rings. The highest BCUT2D eigenvalue weighted by Crippen LogP contribution is 2.28. The first-order valence-corrected chi connectivity index (χ1v) is 9.06. The molecule has 116 valence electrons. The quantitative estimate of drug-likeness (QED) is 0.931. The van der Waals surface area contributed by atoms with Gasteiger partial charge in [0.15, 0.2) is 0 Å². The first-order chi connectivity index (χ1) is 10.1. The third-order valence-corrected chi connectivity index (χ3v) is 5.90. The summed E-state index contributed by atoms with van der Waals surface area (Å²) in [6, 6.07) is 2.69. The van der Waals surface area contributed by atoms with Crippen LogP contribution in [-0.2, 0) is 17.8 Å². The molecule has 0 spiro atoms. The largest absolute Gasteiger partial charge is 0.337 e. The summed E-state index contributed by atoms with van der Waals surface area (Å²) < 4.78 is 0. The fraction of sp³-hybridized carbons (Fsp3) is 0.706. The van der Waals surface area contributed by atoms with Crippen molar-refractivity contribution in [3.8, 4) is 0 Å². The van der Waals surface area contributed by atoms with E-state index in [1.807, 2.05) is 16.2 Å². The zero-order chi connectivity index (χ0) is 14.8. The minimum atomic E-state index is 0.262. The topological polar surface area (TPSA) is 32.3 Å². The van der Waals surface area contributed by atoms with Gasteiger partial charge in [-0.05, 0) is 54.5 Å². The Balaban J connectivity index is 1.49. The lowest BCUT2D eigenvalue weighted by molar-refractivity contribution is -0.131. The van der Waals surface area contributed by atoms with Crippen molar-refractivity contribution in [1.29, 1.82) is 0 Å². The van der Waals surface area contributed by atoms with Gasteiger partial charge in [0.2, 0.25) is 5.91 Å². The number of hydrogen-bond donors (Lipinski definition) is 1. The van der Waals surface area contributed by atoms with E-state index in [9.17, 15) is 4.79 Å². The number of hydrogen-bond acceptors (Lipinski definition) is 3. The Morgan fingerprint density at radius 1 is 1.33 bits per heavy atom. The Morgan fingerprint density at radius 2 is 2.10 bits per heavy atom. The molecule has 1 N–H and O–H groups in total. The molecule has 4 heteroatoms. The molecule has 1 aromatic heterocycles. The molecule has 1 aliphatic heterocycles. The van der Waals surface area contributed by atoms with Crippen molar-refractivity contribution in [2.75, 3.05) is 13.1 Å². The highest BCUT2D eigenvalue weighted by atomic mass is 32.1. The van der Waals surface area contributed by atoms with Gasteiger partial charge in [-0.2, -0.15) is 0 Å². The maximum absolute atomic E-state index is 12.4. The predicted octanol–water partition coefficient (Wildman–Crippen LogP) is 3.05. The molecule has 1 aliphatic carbocycles. The summed E-state index contributed by atoms with van der Waals surface area (Å²) in [7, 11) is 0. The van der Waals surface area contributed by atoms with Crippen molar-refractivity contribution in [2.45, 2.75) is 52.1 Å². The van der Waals surface area contributed by atoms with Gasteiger partial charge >= 0.3 is 0 Å². The van der Waals surface area contributed by atoms with Crippen LogP contribution in [0, 0.1) is 11.8 Å².